The molecular formula is C10H9ClN2O6. The van der Waals surface area contributed by atoms with Crippen molar-refractivity contribution in [3.05, 3.63) is 38.9 Å². The van der Waals surface area contributed by atoms with Gasteiger partial charge in [0.05, 0.1) is 11.5 Å². The van der Waals surface area contributed by atoms with Gasteiger partial charge in [0, 0.05) is 11.1 Å². The van der Waals surface area contributed by atoms with Gasteiger partial charge in [0.2, 0.25) is 0 Å². The molecule has 1 rings (SSSR count). The maximum absolute atomic E-state index is 11.6. The van der Waals surface area contributed by atoms with Crippen LogP contribution in [0.15, 0.2) is 18.2 Å². The number of carboxylic acid groups (broad SMARTS) is 1. The summed E-state index contributed by atoms with van der Waals surface area (Å²) < 4.78 is 0. The Hall–Kier alpha value is -2.19. The highest BCUT2D eigenvalue weighted by atomic mass is 35.5. The van der Waals surface area contributed by atoms with Gasteiger partial charge >= 0.3 is 5.97 Å². The van der Waals surface area contributed by atoms with Crippen LogP contribution in [0.4, 0.5) is 5.69 Å². The van der Waals surface area contributed by atoms with Crippen molar-refractivity contribution in [1.29, 1.82) is 0 Å². The van der Waals surface area contributed by atoms with Crippen molar-refractivity contribution in [1.82, 2.24) is 5.32 Å². The molecule has 1 amide bonds. The van der Waals surface area contributed by atoms with Crippen LogP contribution >= 0.6 is 11.6 Å². The summed E-state index contributed by atoms with van der Waals surface area (Å²) in [4.78, 5) is 32.0. The quantitative estimate of drug-likeness (QED) is 0.532. The van der Waals surface area contributed by atoms with Gasteiger partial charge in [-0.2, -0.15) is 0 Å². The number of rotatable bonds is 5. The molecule has 9 heteroatoms. The largest absolute Gasteiger partial charge is 0.479 e. The summed E-state index contributed by atoms with van der Waals surface area (Å²) in [5.41, 5.74) is -0.776. The van der Waals surface area contributed by atoms with Gasteiger partial charge in [-0.25, -0.2) is 4.79 Å². The molecule has 0 heterocycles. The number of hydrogen-bond acceptors (Lipinski definition) is 5. The number of carbonyl (C=O) groups is 2. The Morgan fingerprint density at radius 1 is 1.47 bits per heavy atom. The highest BCUT2D eigenvalue weighted by Gasteiger charge is 2.22. The average molecular weight is 289 g/mol. The Labute approximate surface area is 111 Å². The zero-order chi connectivity index (χ0) is 14.6. The van der Waals surface area contributed by atoms with Crippen molar-refractivity contribution in [3.63, 3.8) is 0 Å². The Kier molecular flexibility index (Phi) is 4.79. The summed E-state index contributed by atoms with van der Waals surface area (Å²) >= 11 is 5.58. The van der Waals surface area contributed by atoms with E-state index in [-0.39, 0.29) is 10.6 Å². The Morgan fingerprint density at radius 3 is 2.63 bits per heavy atom. The summed E-state index contributed by atoms with van der Waals surface area (Å²) in [5, 5.41) is 30.3. The molecule has 8 nitrogen and oxygen atoms in total. The highest BCUT2D eigenvalue weighted by molar-refractivity contribution is 6.31. The molecular weight excluding hydrogens is 280 g/mol. The Bertz CT molecular complexity index is 533. The Morgan fingerprint density at radius 2 is 2.11 bits per heavy atom. The van der Waals surface area contributed by atoms with Crippen LogP contribution in [0.25, 0.3) is 0 Å². The van der Waals surface area contributed by atoms with Crippen LogP contribution in [0.5, 0.6) is 0 Å². The Balaban J connectivity index is 2.88. The van der Waals surface area contributed by atoms with E-state index in [0.29, 0.717) is 0 Å². The van der Waals surface area contributed by atoms with E-state index in [1.54, 1.807) is 0 Å². The van der Waals surface area contributed by atoms with E-state index in [1.807, 2.05) is 0 Å². The van der Waals surface area contributed by atoms with Gasteiger partial charge in [-0.1, -0.05) is 11.6 Å². The van der Waals surface area contributed by atoms with Gasteiger partial charge in [0.25, 0.3) is 11.6 Å². The molecule has 0 aromatic heterocycles. The third kappa shape index (κ3) is 3.90. The number of aliphatic hydroxyl groups is 1. The number of halogens is 1. The third-order valence-electron chi connectivity index (χ3n) is 2.14. The summed E-state index contributed by atoms with van der Waals surface area (Å²) in [5.74, 6) is -2.38. The number of amides is 1. The lowest BCUT2D eigenvalue weighted by Crippen LogP contribution is -2.36. The standard InChI is InChI=1S/C10H9ClN2O6/c11-5-1-2-6(7(3-5)13(18)19)9(15)12-4-8(14)10(16)17/h1-3,8,14H,4H2,(H,12,15)(H,16,17). The summed E-state index contributed by atoms with van der Waals surface area (Å²) in [6.07, 6.45) is -1.78. The number of hydrogen-bond donors (Lipinski definition) is 3. The first kappa shape index (κ1) is 14.9. The lowest BCUT2D eigenvalue weighted by molar-refractivity contribution is -0.385. The molecule has 0 aliphatic carbocycles. The second-order valence-electron chi connectivity index (χ2n) is 3.48. The van der Waals surface area contributed by atoms with Crippen molar-refractivity contribution < 1.29 is 24.7 Å². The van der Waals surface area contributed by atoms with Crippen LogP contribution in [0.1, 0.15) is 10.4 Å². The smallest absolute Gasteiger partial charge is 0.334 e. The third-order valence-corrected chi connectivity index (χ3v) is 2.38. The fraction of sp³-hybridized carbons (Fsp3) is 0.200. The minimum atomic E-state index is -1.78. The molecule has 19 heavy (non-hydrogen) atoms. The lowest BCUT2D eigenvalue weighted by atomic mass is 10.1. The van der Waals surface area contributed by atoms with Crippen molar-refractivity contribution in [2.45, 2.75) is 6.10 Å². The molecule has 0 radical (unpaired) electrons. The van der Waals surface area contributed by atoms with Crippen LogP contribution in [0.2, 0.25) is 5.02 Å². The van der Waals surface area contributed by atoms with Gasteiger partial charge in [-0.3, -0.25) is 14.9 Å². The predicted molar refractivity (Wildman–Crippen MR) is 64.1 cm³/mol. The number of nitro benzene ring substituents is 1. The van der Waals surface area contributed by atoms with Gasteiger partial charge in [-0.05, 0) is 12.1 Å². The fourth-order valence-electron chi connectivity index (χ4n) is 1.22. The van der Waals surface area contributed by atoms with E-state index >= 15 is 0 Å². The van der Waals surface area contributed by atoms with Gasteiger partial charge < -0.3 is 15.5 Å². The molecule has 0 saturated heterocycles. The topological polar surface area (TPSA) is 130 Å². The molecule has 0 bridgehead atoms. The van der Waals surface area contributed by atoms with Gasteiger partial charge in [-0.15, -0.1) is 0 Å². The maximum Gasteiger partial charge on any atom is 0.334 e. The number of nitrogens with zero attached hydrogens (tertiary/aromatic N) is 1. The minimum absolute atomic E-state index is 0.0915. The first-order valence-electron chi connectivity index (χ1n) is 4.96. The van der Waals surface area contributed by atoms with E-state index in [1.165, 1.54) is 6.07 Å². The molecule has 1 unspecified atom stereocenters. The molecule has 1 aromatic rings. The molecule has 0 saturated carbocycles. The zero-order valence-corrected chi connectivity index (χ0v) is 10.1. The molecule has 1 atom stereocenters. The maximum atomic E-state index is 11.6. The summed E-state index contributed by atoms with van der Waals surface area (Å²) in [6.45, 7) is -0.562. The van der Waals surface area contributed by atoms with Crippen LogP contribution in [0.3, 0.4) is 0 Å². The molecule has 0 fully saturated rings. The van der Waals surface area contributed by atoms with E-state index < -0.39 is 35.1 Å². The van der Waals surface area contributed by atoms with Crippen molar-refractivity contribution in [2.24, 2.45) is 0 Å². The number of carboxylic acids is 1. The van der Waals surface area contributed by atoms with Crippen LogP contribution < -0.4 is 5.32 Å². The van der Waals surface area contributed by atoms with Crippen molar-refractivity contribution in [3.8, 4) is 0 Å². The summed E-state index contributed by atoms with van der Waals surface area (Å²) in [6, 6.07) is 3.43. The molecule has 0 spiro atoms. The lowest BCUT2D eigenvalue weighted by Gasteiger charge is -2.08. The number of nitro groups is 1. The van der Waals surface area contributed by atoms with Crippen molar-refractivity contribution in [2.75, 3.05) is 6.54 Å². The second kappa shape index (κ2) is 6.12. The van der Waals surface area contributed by atoms with E-state index in [0.717, 1.165) is 12.1 Å². The van der Waals surface area contributed by atoms with E-state index in [2.05, 4.69) is 5.32 Å². The van der Waals surface area contributed by atoms with Gasteiger partial charge in [0.1, 0.15) is 5.56 Å². The van der Waals surface area contributed by atoms with E-state index in [9.17, 15) is 19.7 Å². The molecule has 102 valence electrons. The number of nitrogens with one attached hydrogen (secondary N) is 1. The number of aliphatic hydroxyl groups excluding tert-OH is 1. The number of benzene rings is 1. The van der Waals surface area contributed by atoms with Crippen LogP contribution in [-0.4, -0.2) is 39.7 Å². The normalized spacial score (nSPS) is 11.7. The van der Waals surface area contributed by atoms with Crippen molar-refractivity contribution >= 4 is 29.2 Å². The fourth-order valence-corrected chi connectivity index (χ4v) is 1.39. The zero-order valence-electron chi connectivity index (χ0n) is 9.37. The monoisotopic (exact) mass is 288 g/mol. The average Bonchev–Trinajstić information content (AvgIpc) is 2.35. The number of aliphatic carboxylic acids is 1. The van der Waals surface area contributed by atoms with E-state index in [4.69, 9.17) is 21.8 Å². The predicted octanol–water partition coefficient (Wildman–Crippen LogP) is 0.424. The summed E-state index contributed by atoms with van der Waals surface area (Å²) in [7, 11) is 0. The second-order valence-corrected chi connectivity index (χ2v) is 3.92. The molecule has 0 aliphatic rings. The van der Waals surface area contributed by atoms with Crippen LogP contribution in [-0.2, 0) is 4.79 Å². The first-order valence-corrected chi connectivity index (χ1v) is 5.33. The molecule has 3 N–H and O–H groups in total. The van der Waals surface area contributed by atoms with Gasteiger partial charge in [0.15, 0.2) is 6.10 Å². The minimum Gasteiger partial charge on any atom is -0.479 e. The van der Waals surface area contributed by atoms with Crippen LogP contribution in [0, 0.1) is 10.1 Å². The first-order chi connectivity index (χ1) is 8.82. The SMILES string of the molecule is O=C(NCC(O)C(=O)O)c1ccc(Cl)cc1[N+](=O)[O-]. The molecule has 0 aliphatic heterocycles. The number of carbonyl (C=O) groups excluding carboxylic acids is 1. The highest BCUT2D eigenvalue weighted by Crippen LogP contribution is 2.22. The molecule has 1 aromatic carbocycles.